The van der Waals surface area contributed by atoms with Crippen LogP contribution in [0.4, 0.5) is 5.69 Å². The van der Waals surface area contributed by atoms with Crippen molar-refractivity contribution in [2.45, 2.75) is 60.0 Å². The summed E-state index contributed by atoms with van der Waals surface area (Å²) in [7, 11) is 0. The van der Waals surface area contributed by atoms with E-state index in [-0.39, 0.29) is 0 Å². The number of hydrogen-bond acceptors (Lipinski definition) is 2. The Balaban J connectivity index is 2.64. The van der Waals surface area contributed by atoms with E-state index >= 15 is 0 Å². The van der Waals surface area contributed by atoms with Crippen molar-refractivity contribution in [1.82, 2.24) is 5.32 Å². The third-order valence-electron chi connectivity index (χ3n) is 4.03. The van der Waals surface area contributed by atoms with E-state index in [1.165, 1.54) is 30.6 Å². The lowest BCUT2D eigenvalue weighted by molar-refractivity contribution is 0.486. The first-order chi connectivity index (χ1) is 9.60. The van der Waals surface area contributed by atoms with Gasteiger partial charge in [-0.1, -0.05) is 52.7 Å². The number of hydrogen-bond donors (Lipinski definition) is 1. The normalized spacial score (nSPS) is 11.3. The maximum atomic E-state index is 3.46. The maximum Gasteiger partial charge on any atom is 0.0366 e. The van der Waals surface area contributed by atoms with E-state index in [0.29, 0.717) is 6.04 Å². The standard InChI is InChI=1S/C18H32N2/c1-6-16(7-2)14-20(8-3)18-11-9-17(10-12-18)13-19-15(4)5/h9-12,15-16,19H,6-8,13-14H2,1-5H3. The Morgan fingerprint density at radius 3 is 2.05 bits per heavy atom. The Labute approximate surface area is 125 Å². The van der Waals surface area contributed by atoms with E-state index in [2.05, 4.69) is 69.1 Å². The summed E-state index contributed by atoms with van der Waals surface area (Å²) in [6.07, 6.45) is 2.53. The largest absolute Gasteiger partial charge is 0.372 e. The minimum Gasteiger partial charge on any atom is -0.372 e. The first-order valence-electron chi connectivity index (χ1n) is 8.17. The van der Waals surface area contributed by atoms with Crippen LogP contribution in [0.1, 0.15) is 53.0 Å². The summed E-state index contributed by atoms with van der Waals surface area (Å²) in [5, 5.41) is 3.46. The zero-order valence-electron chi connectivity index (χ0n) is 13.9. The molecule has 0 aromatic heterocycles. The first-order valence-corrected chi connectivity index (χ1v) is 8.17. The lowest BCUT2D eigenvalue weighted by atomic mass is 10.0. The molecule has 0 unspecified atom stereocenters. The van der Waals surface area contributed by atoms with Crippen molar-refractivity contribution < 1.29 is 0 Å². The molecule has 0 heterocycles. The number of benzene rings is 1. The van der Waals surface area contributed by atoms with Crippen molar-refractivity contribution in [3.63, 3.8) is 0 Å². The highest BCUT2D eigenvalue weighted by atomic mass is 15.1. The number of rotatable bonds is 9. The molecule has 0 fully saturated rings. The minimum atomic E-state index is 0.539. The second-order valence-corrected chi connectivity index (χ2v) is 5.92. The van der Waals surface area contributed by atoms with Crippen LogP contribution in [0.25, 0.3) is 0 Å². The van der Waals surface area contributed by atoms with Gasteiger partial charge in [0, 0.05) is 31.4 Å². The van der Waals surface area contributed by atoms with Crippen LogP contribution < -0.4 is 10.2 Å². The van der Waals surface area contributed by atoms with Gasteiger partial charge >= 0.3 is 0 Å². The Kier molecular flexibility index (Phi) is 7.68. The van der Waals surface area contributed by atoms with Gasteiger partial charge in [-0.15, -0.1) is 0 Å². The molecule has 0 saturated heterocycles. The second kappa shape index (κ2) is 9.02. The zero-order chi connectivity index (χ0) is 15.0. The van der Waals surface area contributed by atoms with E-state index in [0.717, 1.165) is 19.0 Å². The molecule has 2 heteroatoms. The summed E-state index contributed by atoms with van der Waals surface area (Å²) < 4.78 is 0. The molecule has 0 atom stereocenters. The Hall–Kier alpha value is -1.02. The molecular formula is C18H32N2. The average molecular weight is 276 g/mol. The molecule has 1 rings (SSSR count). The molecule has 0 aliphatic rings. The molecule has 1 aromatic rings. The molecule has 0 aliphatic heterocycles. The third-order valence-corrected chi connectivity index (χ3v) is 4.03. The van der Waals surface area contributed by atoms with Crippen molar-refractivity contribution in [1.29, 1.82) is 0 Å². The van der Waals surface area contributed by atoms with Gasteiger partial charge in [0.2, 0.25) is 0 Å². The van der Waals surface area contributed by atoms with Gasteiger partial charge in [-0.3, -0.25) is 0 Å². The molecule has 2 nitrogen and oxygen atoms in total. The van der Waals surface area contributed by atoms with Crippen LogP contribution in [-0.2, 0) is 6.54 Å². The topological polar surface area (TPSA) is 15.3 Å². The van der Waals surface area contributed by atoms with E-state index in [1.807, 2.05) is 0 Å². The van der Waals surface area contributed by atoms with Crippen LogP contribution >= 0.6 is 0 Å². The fraction of sp³-hybridized carbons (Fsp3) is 0.667. The molecular weight excluding hydrogens is 244 g/mol. The monoisotopic (exact) mass is 276 g/mol. The molecule has 0 aliphatic carbocycles. The van der Waals surface area contributed by atoms with Crippen LogP contribution in [0.2, 0.25) is 0 Å². The van der Waals surface area contributed by atoms with Gasteiger partial charge in [0.15, 0.2) is 0 Å². The number of nitrogens with one attached hydrogen (secondary N) is 1. The second-order valence-electron chi connectivity index (χ2n) is 5.92. The molecule has 0 spiro atoms. The number of anilines is 1. The molecule has 20 heavy (non-hydrogen) atoms. The van der Waals surface area contributed by atoms with Gasteiger partial charge in [0.05, 0.1) is 0 Å². The van der Waals surface area contributed by atoms with Crippen molar-refractivity contribution in [3.8, 4) is 0 Å². The van der Waals surface area contributed by atoms with Crippen LogP contribution in [0.3, 0.4) is 0 Å². The van der Waals surface area contributed by atoms with Crippen LogP contribution in [0.15, 0.2) is 24.3 Å². The lowest BCUT2D eigenvalue weighted by Crippen LogP contribution is -2.29. The van der Waals surface area contributed by atoms with Gasteiger partial charge in [-0.25, -0.2) is 0 Å². The molecule has 0 bridgehead atoms. The van der Waals surface area contributed by atoms with E-state index in [9.17, 15) is 0 Å². The highest BCUT2D eigenvalue weighted by molar-refractivity contribution is 5.47. The summed E-state index contributed by atoms with van der Waals surface area (Å²) in [5.74, 6) is 0.803. The highest BCUT2D eigenvalue weighted by Gasteiger charge is 2.10. The maximum absolute atomic E-state index is 3.46. The lowest BCUT2D eigenvalue weighted by Gasteiger charge is -2.27. The SMILES string of the molecule is CCC(CC)CN(CC)c1ccc(CNC(C)C)cc1. The number of nitrogens with zero attached hydrogens (tertiary/aromatic N) is 1. The van der Waals surface area contributed by atoms with Gasteiger partial charge in [-0.05, 0) is 30.5 Å². The Bertz CT molecular complexity index is 352. The van der Waals surface area contributed by atoms with Crippen molar-refractivity contribution in [3.05, 3.63) is 29.8 Å². The molecule has 114 valence electrons. The summed E-state index contributed by atoms with van der Waals surface area (Å²) in [5.41, 5.74) is 2.72. The highest BCUT2D eigenvalue weighted by Crippen LogP contribution is 2.19. The molecule has 0 saturated carbocycles. The average Bonchev–Trinajstić information content (AvgIpc) is 2.47. The summed E-state index contributed by atoms with van der Waals surface area (Å²) in [4.78, 5) is 2.50. The predicted octanol–water partition coefficient (Wildman–Crippen LogP) is 4.45. The molecule has 1 N–H and O–H groups in total. The smallest absolute Gasteiger partial charge is 0.0366 e. The fourth-order valence-corrected chi connectivity index (χ4v) is 2.42. The van der Waals surface area contributed by atoms with Crippen molar-refractivity contribution in [2.24, 2.45) is 5.92 Å². The van der Waals surface area contributed by atoms with Crippen molar-refractivity contribution >= 4 is 5.69 Å². The zero-order valence-corrected chi connectivity index (χ0v) is 13.9. The molecule has 1 aromatic carbocycles. The Morgan fingerprint density at radius 2 is 1.60 bits per heavy atom. The van der Waals surface area contributed by atoms with Crippen LogP contribution in [0.5, 0.6) is 0 Å². The third kappa shape index (κ3) is 5.54. The first kappa shape index (κ1) is 17.0. The Morgan fingerprint density at radius 1 is 1.00 bits per heavy atom. The quantitative estimate of drug-likeness (QED) is 0.717. The van der Waals surface area contributed by atoms with Gasteiger partial charge in [0.25, 0.3) is 0 Å². The van der Waals surface area contributed by atoms with Gasteiger partial charge in [0.1, 0.15) is 0 Å². The predicted molar refractivity (Wildman–Crippen MR) is 90.4 cm³/mol. The minimum absolute atomic E-state index is 0.539. The van der Waals surface area contributed by atoms with Crippen LogP contribution in [0, 0.1) is 5.92 Å². The van der Waals surface area contributed by atoms with Gasteiger partial charge < -0.3 is 10.2 Å². The van der Waals surface area contributed by atoms with E-state index in [4.69, 9.17) is 0 Å². The van der Waals surface area contributed by atoms with Crippen molar-refractivity contribution in [2.75, 3.05) is 18.0 Å². The van der Waals surface area contributed by atoms with E-state index < -0.39 is 0 Å². The summed E-state index contributed by atoms with van der Waals surface area (Å²) >= 11 is 0. The summed E-state index contributed by atoms with van der Waals surface area (Å²) in [6, 6.07) is 9.57. The van der Waals surface area contributed by atoms with E-state index in [1.54, 1.807) is 0 Å². The van der Waals surface area contributed by atoms with Crippen LogP contribution in [-0.4, -0.2) is 19.1 Å². The van der Waals surface area contributed by atoms with Gasteiger partial charge in [-0.2, -0.15) is 0 Å². The summed E-state index contributed by atoms with van der Waals surface area (Å²) in [6.45, 7) is 14.4. The molecule has 0 radical (unpaired) electrons. The molecule has 0 amide bonds. The fourth-order valence-electron chi connectivity index (χ4n) is 2.42.